The molecule has 1 heteroatoms. The average Bonchev–Trinajstić information content (AvgIpc) is 2.35. The van der Waals surface area contributed by atoms with E-state index in [4.69, 9.17) is 0 Å². The lowest BCUT2D eigenvalue weighted by molar-refractivity contribution is 0.0453. The molecule has 1 aromatic carbocycles. The van der Waals surface area contributed by atoms with E-state index < -0.39 is 5.60 Å². The van der Waals surface area contributed by atoms with Crippen LogP contribution in [0.25, 0.3) is 0 Å². The van der Waals surface area contributed by atoms with Crippen molar-refractivity contribution in [2.24, 2.45) is 0 Å². The van der Waals surface area contributed by atoms with E-state index in [-0.39, 0.29) is 0 Å². The summed E-state index contributed by atoms with van der Waals surface area (Å²) in [7, 11) is 0. The zero-order chi connectivity index (χ0) is 12.9. The van der Waals surface area contributed by atoms with Gasteiger partial charge in [-0.05, 0) is 36.8 Å². The van der Waals surface area contributed by atoms with Crippen molar-refractivity contribution in [3.8, 4) is 0 Å². The third-order valence-corrected chi connectivity index (χ3v) is 3.73. The molecule has 2 unspecified atom stereocenters. The van der Waals surface area contributed by atoms with Gasteiger partial charge in [0.15, 0.2) is 0 Å². The topological polar surface area (TPSA) is 20.2 Å². The van der Waals surface area contributed by atoms with E-state index in [0.717, 1.165) is 31.2 Å². The summed E-state index contributed by atoms with van der Waals surface area (Å²) in [6, 6.07) is 8.47. The highest BCUT2D eigenvalue weighted by Crippen LogP contribution is 2.28. The Hall–Kier alpha value is -0.820. The fourth-order valence-corrected chi connectivity index (χ4v) is 2.07. The molecule has 0 aliphatic rings. The van der Waals surface area contributed by atoms with Crippen molar-refractivity contribution >= 4 is 0 Å². The second-order valence-electron chi connectivity index (χ2n) is 5.31. The van der Waals surface area contributed by atoms with Crippen LogP contribution < -0.4 is 0 Å². The number of unbranched alkanes of at least 4 members (excludes halogenated alkanes) is 1. The molecule has 2 atom stereocenters. The van der Waals surface area contributed by atoms with Crippen LogP contribution in [-0.4, -0.2) is 5.11 Å². The highest BCUT2D eigenvalue weighted by Gasteiger charge is 2.22. The van der Waals surface area contributed by atoms with Crippen molar-refractivity contribution < 1.29 is 5.11 Å². The monoisotopic (exact) mass is 234 g/mol. The molecule has 0 amide bonds. The maximum absolute atomic E-state index is 10.4. The summed E-state index contributed by atoms with van der Waals surface area (Å²) in [5, 5.41) is 10.4. The van der Waals surface area contributed by atoms with Crippen molar-refractivity contribution in [1.82, 2.24) is 0 Å². The van der Waals surface area contributed by atoms with Crippen LogP contribution in [0, 0.1) is 0 Å². The Morgan fingerprint density at radius 1 is 1.18 bits per heavy atom. The number of rotatable bonds is 6. The van der Waals surface area contributed by atoms with E-state index in [1.54, 1.807) is 0 Å². The first-order valence-electron chi connectivity index (χ1n) is 6.84. The van der Waals surface area contributed by atoms with Crippen LogP contribution in [0.2, 0.25) is 0 Å². The second-order valence-corrected chi connectivity index (χ2v) is 5.31. The van der Waals surface area contributed by atoms with Gasteiger partial charge in [-0.15, -0.1) is 0 Å². The molecular formula is C16H26O. The predicted octanol–water partition coefficient (Wildman–Crippen LogP) is 4.60. The van der Waals surface area contributed by atoms with Crippen LogP contribution in [0.3, 0.4) is 0 Å². The normalized spacial score (nSPS) is 16.5. The Labute approximate surface area is 106 Å². The summed E-state index contributed by atoms with van der Waals surface area (Å²) in [5.41, 5.74) is 1.73. The number of hydrogen-bond donors (Lipinski definition) is 1. The predicted molar refractivity (Wildman–Crippen MR) is 74.2 cm³/mol. The van der Waals surface area contributed by atoms with Crippen LogP contribution in [0.4, 0.5) is 0 Å². The maximum atomic E-state index is 10.4. The van der Waals surface area contributed by atoms with Gasteiger partial charge in [-0.25, -0.2) is 0 Å². The smallest absolute Gasteiger partial charge is 0.0868 e. The van der Waals surface area contributed by atoms with Gasteiger partial charge >= 0.3 is 0 Å². The molecule has 0 bridgehead atoms. The first kappa shape index (κ1) is 14.2. The standard InChI is InChI=1S/C16H26O/c1-5-7-12-16(4,17)15-10-8-14(9-11-15)13(3)6-2/h8-11,13,17H,5-7,12H2,1-4H3. The molecule has 0 radical (unpaired) electrons. The minimum atomic E-state index is -0.677. The van der Waals surface area contributed by atoms with E-state index >= 15 is 0 Å². The molecule has 0 fully saturated rings. The molecule has 0 aliphatic heterocycles. The van der Waals surface area contributed by atoms with E-state index in [2.05, 4.69) is 45.0 Å². The zero-order valence-corrected chi connectivity index (χ0v) is 11.7. The molecule has 0 aromatic heterocycles. The van der Waals surface area contributed by atoms with E-state index in [1.807, 2.05) is 6.92 Å². The highest BCUT2D eigenvalue weighted by molar-refractivity contribution is 5.28. The molecule has 0 spiro atoms. The summed E-state index contributed by atoms with van der Waals surface area (Å²) in [6.07, 6.45) is 4.19. The van der Waals surface area contributed by atoms with Gasteiger partial charge < -0.3 is 5.11 Å². The lowest BCUT2D eigenvalue weighted by atomic mass is 9.88. The molecule has 0 aliphatic carbocycles. The Morgan fingerprint density at radius 3 is 2.24 bits per heavy atom. The van der Waals surface area contributed by atoms with E-state index in [1.165, 1.54) is 5.56 Å². The van der Waals surface area contributed by atoms with Crippen molar-refractivity contribution in [2.45, 2.75) is 64.9 Å². The largest absolute Gasteiger partial charge is 0.385 e. The Kier molecular flexibility index (Phi) is 5.20. The second kappa shape index (κ2) is 6.20. The van der Waals surface area contributed by atoms with Gasteiger partial charge in [0.05, 0.1) is 5.60 Å². The van der Waals surface area contributed by atoms with Gasteiger partial charge in [0.1, 0.15) is 0 Å². The minimum Gasteiger partial charge on any atom is -0.385 e. The Morgan fingerprint density at radius 2 is 1.76 bits per heavy atom. The van der Waals surface area contributed by atoms with E-state index in [9.17, 15) is 5.11 Å². The quantitative estimate of drug-likeness (QED) is 0.762. The van der Waals surface area contributed by atoms with Crippen molar-refractivity contribution in [2.75, 3.05) is 0 Å². The molecule has 96 valence electrons. The molecule has 0 saturated carbocycles. The first-order valence-corrected chi connectivity index (χ1v) is 6.84. The van der Waals surface area contributed by atoms with Gasteiger partial charge in [0, 0.05) is 0 Å². The van der Waals surface area contributed by atoms with Crippen LogP contribution in [-0.2, 0) is 5.60 Å². The molecule has 0 heterocycles. The van der Waals surface area contributed by atoms with Crippen LogP contribution >= 0.6 is 0 Å². The highest BCUT2D eigenvalue weighted by atomic mass is 16.3. The molecule has 17 heavy (non-hydrogen) atoms. The molecule has 1 nitrogen and oxygen atoms in total. The molecule has 0 saturated heterocycles. The van der Waals surface area contributed by atoms with Crippen LogP contribution in [0.1, 0.15) is 70.4 Å². The minimum absolute atomic E-state index is 0.602. The molecular weight excluding hydrogens is 208 g/mol. The Balaban J connectivity index is 2.79. The molecule has 1 N–H and O–H groups in total. The summed E-state index contributed by atoms with van der Waals surface area (Å²) in [5.74, 6) is 0.602. The van der Waals surface area contributed by atoms with Gasteiger partial charge in [-0.2, -0.15) is 0 Å². The first-order chi connectivity index (χ1) is 8.01. The number of aliphatic hydroxyl groups is 1. The van der Waals surface area contributed by atoms with Gasteiger partial charge in [-0.1, -0.05) is 57.9 Å². The fraction of sp³-hybridized carbons (Fsp3) is 0.625. The average molecular weight is 234 g/mol. The molecule has 1 rings (SSSR count). The molecule has 1 aromatic rings. The van der Waals surface area contributed by atoms with E-state index in [0.29, 0.717) is 5.92 Å². The zero-order valence-electron chi connectivity index (χ0n) is 11.7. The van der Waals surface area contributed by atoms with Crippen molar-refractivity contribution in [3.63, 3.8) is 0 Å². The third kappa shape index (κ3) is 3.85. The van der Waals surface area contributed by atoms with Crippen LogP contribution in [0.5, 0.6) is 0 Å². The summed E-state index contributed by atoms with van der Waals surface area (Å²) >= 11 is 0. The SMILES string of the molecule is CCCCC(C)(O)c1ccc(C(C)CC)cc1. The van der Waals surface area contributed by atoms with Gasteiger partial charge in [-0.3, -0.25) is 0 Å². The lowest BCUT2D eigenvalue weighted by Crippen LogP contribution is -2.20. The summed E-state index contributed by atoms with van der Waals surface area (Å²) in [4.78, 5) is 0. The number of benzene rings is 1. The number of hydrogen-bond acceptors (Lipinski definition) is 1. The lowest BCUT2D eigenvalue weighted by Gasteiger charge is -2.24. The van der Waals surface area contributed by atoms with Gasteiger partial charge in [0.2, 0.25) is 0 Å². The fourth-order valence-electron chi connectivity index (χ4n) is 2.07. The summed E-state index contributed by atoms with van der Waals surface area (Å²) in [6.45, 7) is 8.52. The van der Waals surface area contributed by atoms with Gasteiger partial charge in [0.25, 0.3) is 0 Å². The maximum Gasteiger partial charge on any atom is 0.0868 e. The van der Waals surface area contributed by atoms with Crippen molar-refractivity contribution in [3.05, 3.63) is 35.4 Å². The van der Waals surface area contributed by atoms with Crippen LogP contribution in [0.15, 0.2) is 24.3 Å². The van der Waals surface area contributed by atoms with Crippen molar-refractivity contribution in [1.29, 1.82) is 0 Å². The Bertz CT molecular complexity index is 324. The third-order valence-electron chi connectivity index (χ3n) is 3.73. The summed E-state index contributed by atoms with van der Waals surface area (Å²) < 4.78 is 0.